The first-order valence-corrected chi connectivity index (χ1v) is 12.2. The number of fused-ring (bicyclic) bond motifs is 2. The molecule has 1 aromatic heterocycles. The van der Waals surface area contributed by atoms with E-state index in [0.717, 1.165) is 44.2 Å². The molecule has 3 aromatic rings. The fourth-order valence-electron chi connectivity index (χ4n) is 4.16. The smallest absolute Gasteiger partial charge is 0.0516 e. The van der Waals surface area contributed by atoms with Crippen LogP contribution in [0.4, 0.5) is 5.69 Å². The Hall–Kier alpha value is -1.27. The molecule has 3 nitrogen and oxygen atoms in total. The molecule has 2 aromatic carbocycles. The van der Waals surface area contributed by atoms with Gasteiger partial charge < -0.3 is 9.88 Å². The summed E-state index contributed by atoms with van der Waals surface area (Å²) >= 11 is 10.2. The van der Waals surface area contributed by atoms with E-state index in [1.54, 1.807) is 0 Å². The first-order valence-electron chi connectivity index (χ1n) is 9.89. The third kappa shape index (κ3) is 3.78. The Morgan fingerprint density at radius 3 is 2.75 bits per heavy atom. The number of piperazine rings is 1. The topological polar surface area (TPSA) is 22.3 Å². The lowest BCUT2D eigenvalue weighted by molar-refractivity contribution is 0.261. The zero-order valence-corrected chi connectivity index (χ0v) is 18.2. The van der Waals surface area contributed by atoms with Crippen LogP contribution in [0.3, 0.4) is 0 Å². The second-order valence-corrected chi connectivity index (χ2v) is 10.1. The van der Waals surface area contributed by atoms with Crippen LogP contribution < -0.4 is 4.90 Å². The van der Waals surface area contributed by atoms with Crippen LogP contribution in [-0.2, 0) is 6.42 Å². The highest BCUT2D eigenvalue weighted by molar-refractivity contribution is 8.05. The summed E-state index contributed by atoms with van der Waals surface area (Å²) in [5, 5.41) is 2.07. The Labute approximate surface area is 179 Å². The Morgan fingerprint density at radius 1 is 1.00 bits per heavy atom. The summed E-state index contributed by atoms with van der Waals surface area (Å²) in [6.07, 6.45) is 3.20. The van der Waals surface area contributed by atoms with Gasteiger partial charge in [0.05, 0.1) is 5.69 Å². The molecule has 2 aliphatic heterocycles. The first kappa shape index (κ1) is 18.7. The van der Waals surface area contributed by atoms with Crippen LogP contribution in [0.5, 0.6) is 0 Å². The first-order chi connectivity index (χ1) is 13.8. The van der Waals surface area contributed by atoms with Crippen molar-refractivity contribution < 1.29 is 0 Å². The van der Waals surface area contributed by atoms with E-state index in [9.17, 15) is 0 Å². The summed E-state index contributed by atoms with van der Waals surface area (Å²) in [5.74, 6) is 2.46. The molecule has 146 valence electrons. The van der Waals surface area contributed by atoms with Crippen molar-refractivity contribution in [3.05, 3.63) is 53.2 Å². The van der Waals surface area contributed by atoms with Crippen molar-refractivity contribution in [2.24, 2.45) is 0 Å². The highest BCUT2D eigenvalue weighted by Gasteiger charge is 2.22. The molecule has 2 aliphatic rings. The van der Waals surface area contributed by atoms with E-state index in [2.05, 4.69) is 51.3 Å². The number of rotatable bonds is 4. The van der Waals surface area contributed by atoms with Crippen LogP contribution in [0.25, 0.3) is 10.9 Å². The van der Waals surface area contributed by atoms with E-state index in [-0.39, 0.29) is 0 Å². The summed E-state index contributed by atoms with van der Waals surface area (Å²) in [6.45, 7) is 5.59. The van der Waals surface area contributed by atoms with Crippen LogP contribution in [0.2, 0.25) is 5.02 Å². The number of anilines is 1. The Morgan fingerprint density at radius 2 is 1.86 bits per heavy atom. The van der Waals surface area contributed by atoms with Crippen molar-refractivity contribution in [3.63, 3.8) is 0 Å². The van der Waals surface area contributed by atoms with E-state index >= 15 is 0 Å². The second kappa shape index (κ2) is 8.23. The maximum Gasteiger partial charge on any atom is 0.0516 e. The predicted molar refractivity (Wildman–Crippen MR) is 124 cm³/mol. The molecule has 0 bridgehead atoms. The monoisotopic (exact) mass is 429 g/mol. The van der Waals surface area contributed by atoms with Crippen molar-refractivity contribution in [1.82, 2.24) is 9.88 Å². The number of hydrogen-bond acceptors (Lipinski definition) is 4. The number of hydrogen-bond donors (Lipinski definition) is 1. The van der Waals surface area contributed by atoms with Gasteiger partial charge in [0, 0.05) is 76.1 Å². The number of aromatic amines is 1. The van der Waals surface area contributed by atoms with Gasteiger partial charge in [-0.15, -0.1) is 23.5 Å². The van der Waals surface area contributed by atoms with Gasteiger partial charge in [-0.1, -0.05) is 17.7 Å². The summed E-state index contributed by atoms with van der Waals surface area (Å²) in [7, 11) is 0. The van der Waals surface area contributed by atoms with Crippen molar-refractivity contribution in [2.45, 2.75) is 16.2 Å². The number of halogens is 1. The third-order valence-corrected chi connectivity index (χ3v) is 8.49. The molecule has 5 rings (SSSR count). The fourth-order valence-corrected chi connectivity index (χ4v) is 6.74. The number of aromatic nitrogens is 1. The van der Waals surface area contributed by atoms with Crippen LogP contribution in [0, 0.1) is 0 Å². The largest absolute Gasteiger partial charge is 0.368 e. The Bertz CT molecular complexity index is 979. The molecule has 0 spiro atoms. The molecule has 0 atom stereocenters. The molecule has 0 radical (unpaired) electrons. The van der Waals surface area contributed by atoms with Crippen LogP contribution in [0.1, 0.15) is 5.56 Å². The average Bonchev–Trinajstić information content (AvgIpc) is 3.14. The van der Waals surface area contributed by atoms with Gasteiger partial charge in [0.25, 0.3) is 0 Å². The molecule has 0 amide bonds. The number of thioether (sulfide) groups is 2. The minimum atomic E-state index is 0.809. The van der Waals surface area contributed by atoms with Gasteiger partial charge in [0.2, 0.25) is 0 Å². The normalized spacial score (nSPS) is 17.8. The van der Waals surface area contributed by atoms with Gasteiger partial charge in [0.1, 0.15) is 0 Å². The van der Waals surface area contributed by atoms with Crippen molar-refractivity contribution in [3.8, 4) is 0 Å². The minimum absolute atomic E-state index is 0.809. The second-order valence-electron chi connectivity index (χ2n) is 7.38. The van der Waals surface area contributed by atoms with Gasteiger partial charge >= 0.3 is 0 Å². The van der Waals surface area contributed by atoms with Crippen LogP contribution in [-0.4, -0.2) is 54.1 Å². The van der Waals surface area contributed by atoms with E-state index in [1.807, 2.05) is 29.6 Å². The van der Waals surface area contributed by atoms with Crippen LogP contribution in [0.15, 0.2) is 52.4 Å². The van der Waals surface area contributed by atoms with E-state index in [4.69, 9.17) is 11.6 Å². The maximum atomic E-state index is 6.19. The average molecular weight is 430 g/mol. The Balaban J connectivity index is 1.21. The Kier molecular flexibility index (Phi) is 5.51. The van der Waals surface area contributed by atoms with E-state index < -0.39 is 0 Å². The molecule has 1 fully saturated rings. The predicted octanol–water partition coefficient (Wildman–Crippen LogP) is 5.38. The molecule has 1 N–H and O–H groups in total. The van der Waals surface area contributed by atoms with E-state index in [0.29, 0.717) is 0 Å². The van der Waals surface area contributed by atoms with Gasteiger partial charge in [-0.3, -0.25) is 4.90 Å². The molecular formula is C22H24ClN3S2. The molecule has 0 aliphatic carbocycles. The van der Waals surface area contributed by atoms with Crippen LogP contribution >= 0.6 is 35.1 Å². The molecule has 0 unspecified atom stereocenters. The molecular weight excluding hydrogens is 406 g/mol. The third-order valence-electron chi connectivity index (χ3n) is 5.69. The van der Waals surface area contributed by atoms with Gasteiger partial charge in [0.15, 0.2) is 0 Å². The zero-order chi connectivity index (χ0) is 18.9. The van der Waals surface area contributed by atoms with Crippen molar-refractivity contribution in [1.29, 1.82) is 0 Å². The summed E-state index contributed by atoms with van der Waals surface area (Å²) in [4.78, 5) is 11.5. The number of H-pyrrole nitrogens is 1. The standard InChI is InChI=1S/C22H24ClN3S2/c23-17-4-5-19-18(14-17)16(15-24-19)6-7-25-8-10-26(11-9-25)20-2-1-3-21-22(20)28-13-12-27-21/h1-5,14-15,24H,6-13H2. The quantitative estimate of drug-likeness (QED) is 0.600. The number of nitrogens with one attached hydrogen (secondary N) is 1. The molecule has 0 saturated carbocycles. The lowest BCUT2D eigenvalue weighted by Gasteiger charge is -2.37. The zero-order valence-electron chi connectivity index (χ0n) is 15.8. The molecule has 1 saturated heterocycles. The molecule has 28 heavy (non-hydrogen) atoms. The van der Waals surface area contributed by atoms with Gasteiger partial charge in [-0.25, -0.2) is 0 Å². The van der Waals surface area contributed by atoms with Gasteiger partial charge in [-0.05, 0) is 42.3 Å². The lowest BCUT2D eigenvalue weighted by Crippen LogP contribution is -2.47. The van der Waals surface area contributed by atoms with Crippen molar-refractivity contribution in [2.75, 3.05) is 49.1 Å². The summed E-state index contributed by atoms with van der Waals surface area (Å²) in [5.41, 5.74) is 3.99. The van der Waals surface area contributed by atoms with E-state index in [1.165, 1.54) is 43.5 Å². The summed E-state index contributed by atoms with van der Waals surface area (Å²) < 4.78 is 0. The molecule has 6 heteroatoms. The van der Waals surface area contributed by atoms with Crippen molar-refractivity contribution >= 4 is 51.7 Å². The number of benzene rings is 2. The minimum Gasteiger partial charge on any atom is -0.368 e. The lowest BCUT2D eigenvalue weighted by atomic mass is 10.1. The SMILES string of the molecule is Clc1ccc2[nH]cc(CCN3CCN(c4cccc5c4SCCS5)CC3)c2c1. The summed E-state index contributed by atoms with van der Waals surface area (Å²) in [6, 6.07) is 12.9. The number of nitrogens with zero attached hydrogens (tertiary/aromatic N) is 2. The highest BCUT2D eigenvalue weighted by atomic mass is 35.5. The highest BCUT2D eigenvalue weighted by Crippen LogP contribution is 2.42. The maximum absolute atomic E-state index is 6.19. The molecule has 3 heterocycles. The fraction of sp³-hybridized carbons (Fsp3) is 0.364. The van der Waals surface area contributed by atoms with Gasteiger partial charge in [-0.2, -0.15) is 0 Å².